The van der Waals surface area contributed by atoms with E-state index in [9.17, 15) is 14.0 Å². The number of amides is 2. The molecule has 1 aliphatic carbocycles. The Balaban J connectivity index is 1.57. The van der Waals surface area contributed by atoms with Crippen LogP contribution < -0.4 is 10.1 Å². The number of rotatable bonds is 6. The topological polar surface area (TPSA) is 58.6 Å². The molecular weight excluding hydrogens is 383 g/mol. The molecule has 30 heavy (non-hydrogen) atoms. The van der Waals surface area contributed by atoms with Gasteiger partial charge in [0.15, 0.2) is 11.6 Å². The molecular formula is C24H27FN2O3. The number of carbonyl (C=O) groups is 2. The molecule has 1 aliphatic rings. The van der Waals surface area contributed by atoms with E-state index in [4.69, 9.17) is 4.74 Å². The number of methoxy groups -OCH3 is 1. The standard InChI is InChI=1S/C24H27FN2O3/c1-27(20-6-4-3-5-7-20)24(29)18-10-12-19(13-11-18)26-23(28)15-9-17-8-14-22(30-2)21(25)16-17/h8-16,20H,3-7H2,1-2H3,(H,26,28). The van der Waals surface area contributed by atoms with Gasteiger partial charge in [-0.15, -0.1) is 0 Å². The number of nitrogens with one attached hydrogen (secondary N) is 1. The van der Waals surface area contributed by atoms with E-state index in [1.807, 2.05) is 11.9 Å². The Morgan fingerprint density at radius 2 is 1.80 bits per heavy atom. The van der Waals surface area contributed by atoms with Crippen LogP contribution in [0.5, 0.6) is 5.75 Å². The highest BCUT2D eigenvalue weighted by Gasteiger charge is 2.22. The van der Waals surface area contributed by atoms with Crippen LogP contribution in [-0.2, 0) is 4.79 Å². The minimum atomic E-state index is -0.487. The van der Waals surface area contributed by atoms with Gasteiger partial charge in [-0.2, -0.15) is 0 Å². The molecule has 6 heteroatoms. The molecule has 1 saturated carbocycles. The van der Waals surface area contributed by atoms with Crippen LogP contribution in [0.15, 0.2) is 48.5 Å². The SMILES string of the molecule is COc1ccc(C=CC(=O)Nc2ccc(C(=O)N(C)C3CCCCC3)cc2)cc1F. The Morgan fingerprint density at radius 3 is 2.43 bits per heavy atom. The molecule has 2 amide bonds. The molecule has 0 unspecified atom stereocenters. The van der Waals surface area contributed by atoms with Gasteiger partial charge < -0.3 is 15.0 Å². The van der Waals surface area contributed by atoms with Gasteiger partial charge in [-0.1, -0.05) is 25.3 Å². The zero-order valence-corrected chi connectivity index (χ0v) is 17.4. The number of hydrogen-bond donors (Lipinski definition) is 1. The molecule has 2 aromatic rings. The Bertz CT molecular complexity index is 919. The van der Waals surface area contributed by atoms with Gasteiger partial charge in [0.25, 0.3) is 5.91 Å². The number of anilines is 1. The van der Waals surface area contributed by atoms with Crippen LogP contribution in [0.2, 0.25) is 0 Å². The molecule has 0 saturated heterocycles. The van der Waals surface area contributed by atoms with Crippen LogP contribution in [-0.4, -0.2) is 36.9 Å². The maximum atomic E-state index is 13.7. The molecule has 158 valence electrons. The minimum Gasteiger partial charge on any atom is -0.494 e. The first-order chi connectivity index (χ1) is 14.5. The fourth-order valence-electron chi connectivity index (χ4n) is 3.68. The maximum absolute atomic E-state index is 13.7. The molecule has 0 aromatic heterocycles. The van der Waals surface area contributed by atoms with Crippen molar-refractivity contribution in [2.45, 2.75) is 38.1 Å². The van der Waals surface area contributed by atoms with E-state index in [1.54, 1.807) is 30.3 Å². The molecule has 0 bridgehead atoms. The van der Waals surface area contributed by atoms with Crippen LogP contribution in [0.3, 0.4) is 0 Å². The summed E-state index contributed by atoms with van der Waals surface area (Å²) in [4.78, 5) is 26.7. The molecule has 0 heterocycles. The largest absolute Gasteiger partial charge is 0.494 e. The summed E-state index contributed by atoms with van der Waals surface area (Å²) in [6.07, 6.45) is 8.55. The molecule has 1 fully saturated rings. The average molecular weight is 410 g/mol. The third kappa shape index (κ3) is 5.47. The summed E-state index contributed by atoms with van der Waals surface area (Å²) in [5.74, 6) is -0.676. The summed E-state index contributed by atoms with van der Waals surface area (Å²) >= 11 is 0. The summed E-state index contributed by atoms with van der Waals surface area (Å²) in [5.41, 5.74) is 1.74. The number of halogens is 1. The first kappa shape index (κ1) is 21.6. The second-order valence-corrected chi connectivity index (χ2v) is 7.50. The van der Waals surface area contributed by atoms with Gasteiger partial charge in [0.2, 0.25) is 5.91 Å². The maximum Gasteiger partial charge on any atom is 0.253 e. The van der Waals surface area contributed by atoms with Gasteiger partial charge in [-0.25, -0.2) is 4.39 Å². The summed E-state index contributed by atoms with van der Waals surface area (Å²) < 4.78 is 18.6. The lowest BCUT2D eigenvalue weighted by molar-refractivity contribution is -0.111. The summed E-state index contributed by atoms with van der Waals surface area (Å²) in [6, 6.07) is 11.6. The van der Waals surface area contributed by atoms with Gasteiger partial charge >= 0.3 is 0 Å². The molecule has 0 aliphatic heterocycles. The van der Waals surface area contributed by atoms with Crippen molar-refractivity contribution in [1.82, 2.24) is 4.90 Å². The van der Waals surface area contributed by atoms with Gasteiger partial charge in [0, 0.05) is 30.4 Å². The minimum absolute atomic E-state index is 0.00112. The fraction of sp³-hybridized carbons (Fsp3) is 0.333. The molecule has 1 N–H and O–H groups in total. The van der Waals surface area contributed by atoms with Crippen molar-refractivity contribution in [1.29, 1.82) is 0 Å². The van der Waals surface area contributed by atoms with Crippen LogP contribution in [0.1, 0.15) is 48.0 Å². The Hall–Kier alpha value is -3.15. The molecule has 0 radical (unpaired) electrons. The molecule has 0 atom stereocenters. The van der Waals surface area contributed by atoms with Crippen LogP contribution in [0.25, 0.3) is 6.08 Å². The van der Waals surface area contributed by atoms with Crippen molar-refractivity contribution in [3.05, 3.63) is 65.5 Å². The van der Waals surface area contributed by atoms with E-state index in [0.29, 0.717) is 22.9 Å². The normalized spacial score (nSPS) is 14.5. The van der Waals surface area contributed by atoms with Crippen LogP contribution in [0.4, 0.5) is 10.1 Å². The molecule has 5 nitrogen and oxygen atoms in total. The van der Waals surface area contributed by atoms with E-state index in [1.165, 1.54) is 50.7 Å². The van der Waals surface area contributed by atoms with Crippen molar-refractivity contribution < 1.29 is 18.7 Å². The lowest BCUT2D eigenvalue weighted by Crippen LogP contribution is -2.38. The van der Waals surface area contributed by atoms with E-state index >= 15 is 0 Å². The number of hydrogen-bond acceptors (Lipinski definition) is 3. The zero-order valence-electron chi connectivity index (χ0n) is 17.4. The number of ether oxygens (including phenoxy) is 1. The third-order valence-corrected chi connectivity index (χ3v) is 5.45. The molecule has 3 rings (SSSR count). The van der Waals surface area contributed by atoms with Gasteiger partial charge in [0.1, 0.15) is 0 Å². The van der Waals surface area contributed by atoms with Crippen molar-refractivity contribution in [2.75, 3.05) is 19.5 Å². The van der Waals surface area contributed by atoms with Crippen molar-refractivity contribution in [3.63, 3.8) is 0 Å². The summed E-state index contributed by atoms with van der Waals surface area (Å²) in [7, 11) is 3.26. The lowest BCUT2D eigenvalue weighted by atomic mass is 9.94. The van der Waals surface area contributed by atoms with E-state index in [2.05, 4.69) is 5.32 Å². The zero-order chi connectivity index (χ0) is 21.5. The number of benzene rings is 2. The Morgan fingerprint density at radius 1 is 1.10 bits per heavy atom. The van der Waals surface area contributed by atoms with Crippen LogP contribution in [0, 0.1) is 5.82 Å². The summed E-state index contributed by atoms with van der Waals surface area (Å²) in [6.45, 7) is 0. The highest BCUT2D eigenvalue weighted by Crippen LogP contribution is 2.23. The summed E-state index contributed by atoms with van der Waals surface area (Å²) in [5, 5.41) is 2.74. The van der Waals surface area contributed by atoms with Gasteiger partial charge in [-0.3, -0.25) is 9.59 Å². The predicted molar refractivity (Wildman–Crippen MR) is 116 cm³/mol. The number of carbonyl (C=O) groups excluding carboxylic acids is 2. The molecule has 2 aromatic carbocycles. The predicted octanol–water partition coefficient (Wildman–Crippen LogP) is 4.89. The highest BCUT2D eigenvalue weighted by atomic mass is 19.1. The van der Waals surface area contributed by atoms with Gasteiger partial charge in [-0.05, 0) is 60.9 Å². The average Bonchev–Trinajstić information content (AvgIpc) is 2.78. The van der Waals surface area contributed by atoms with E-state index < -0.39 is 5.82 Å². The third-order valence-electron chi connectivity index (χ3n) is 5.45. The van der Waals surface area contributed by atoms with E-state index in [-0.39, 0.29) is 17.6 Å². The lowest BCUT2D eigenvalue weighted by Gasteiger charge is -2.31. The van der Waals surface area contributed by atoms with E-state index in [0.717, 1.165) is 12.8 Å². The van der Waals surface area contributed by atoms with Crippen molar-refractivity contribution in [2.24, 2.45) is 0 Å². The quantitative estimate of drug-likeness (QED) is 0.690. The second-order valence-electron chi connectivity index (χ2n) is 7.50. The first-order valence-corrected chi connectivity index (χ1v) is 10.2. The molecule has 0 spiro atoms. The fourth-order valence-corrected chi connectivity index (χ4v) is 3.68. The Labute approximate surface area is 176 Å². The smallest absolute Gasteiger partial charge is 0.253 e. The first-order valence-electron chi connectivity index (χ1n) is 10.2. The monoisotopic (exact) mass is 410 g/mol. The second kappa shape index (κ2) is 10.1. The number of nitrogens with zero attached hydrogens (tertiary/aromatic N) is 1. The highest BCUT2D eigenvalue weighted by molar-refractivity contribution is 6.02. The van der Waals surface area contributed by atoms with Crippen LogP contribution >= 0.6 is 0 Å². The van der Waals surface area contributed by atoms with Crippen molar-refractivity contribution in [3.8, 4) is 5.75 Å². The van der Waals surface area contributed by atoms with Gasteiger partial charge in [0.05, 0.1) is 7.11 Å². The van der Waals surface area contributed by atoms with Crippen molar-refractivity contribution >= 4 is 23.6 Å². The Kier molecular flexibility index (Phi) is 7.22.